The molecular weight excluding hydrogens is 254 g/mol. The molecule has 0 radical (unpaired) electrons. The third kappa shape index (κ3) is 2.57. The van der Waals surface area contributed by atoms with E-state index >= 15 is 0 Å². The number of rotatable bonds is 4. The van der Waals surface area contributed by atoms with Gasteiger partial charge in [0.2, 0.25) is 5.91 Å². The fourth-order valence-corrected chi connectivity index (χ4v) is 5.08. The number of nitrogens with one attached hydrogen (secondary N) is 1. The first-order chi connectivity index (χ1) is 9.56. The van der Waals surface area contributed by atoms with Crippen LogP contribution in [0.4, 0.5) is 0 Å². The van der Waals surface area contributed by atoms with Crippen LogP contribution in [-0.2, 0) is 14.3 Å². The van der Waals surface area contributed by atoms with Crippen LogP contribution >= 0.6 is 0 Å². The van der Waals surface area contributed by atoms with E-state index in [2.05, 4.69) is 10.1 Å². The SMILES string of the molecule is COC(=O)CC(C)NC(=O)C1C2CC3CC(C2)CC1C3. The molecule has 0 aromatic heterocycles. The molecule has 0 spiro atoms. The van der Waals surface area contributed by atoms with Gasteiger partial charge in [-0.05, 0) is 62.7 Å². The summed E-state index contributed by atoms with van der Waals surface area (Å²) in [6.07, 6.45) is 6.65. The summed E-state index contributed by atoms with van der Waals surface area (Å²) in [6, 6.07) is -0.132. The third-order valence-electron chi connectivity index (χ3n) is 5.62. The third-order valence-corrected chi connectivity index (χ3v) is 5.62. The van der Waals surface area contributed by atoms with Crippen LogP contribution in [0.2, 0.25) is 0 Å². The Bertz CT molecular complexity index is 379. The lowest BCUT2D eigenvalue weighted by Crippen LogP contribution is -2.52. The largest absolute Gasteiger partial charge is 0.469 e. The van der Waals surface area contributed by atoms with Crippen LogP contribution in [0.25, 0.3) is 0 Å². The first-order valence-electron chi connectivity index (χ1n) is 7.94. The molecule has 0 saturated heterocycles. The second-order valence-corrected chi connectivity index (χ2v) is 7.15. The molecule has 4 heteroatoms. The van der Waals surface area contributed by atoms with Gasteiger partial charge in [-0.25, -0.2) is 0 Å². The molecule has 4 bridgehead atoms. The minimum Gasteiger partial charge on any atom is -0.469 e. The Morgan fingerprint density at radius 1 is 1.10 bits per heavy atom. The van der Waals surface area contributed by atoms with Crippen molar-refractivity contribution in [3.8, 4) is 0 Å². The highest BCUT2D eigenvalue weighted by Gasteiger charge is 2.50. The molecule has 0 heterocycles. The fourth-order valence-electron chi connectivity index (χ4n) is 5.08. The van der Waals surface area contributed by atoms with E-state index in [1.54, 1.807) is 0 Å². The van der Waals surface area contributed by atoms with Gasteiger partial charge >= 0.3 is 5.97 Å². The van der Waals surface area contributed by atoms with E-state index < -0.39 is 0 Å². The first kappa shape index (κ1) is 13.9. The van der Waals surface area contributed by atoms with Gasteiger partial charge in [0.05, 0.1) is 13.5 Å². The summed E-state index contributed by atoms with van der Waals surface area (Å²) < 4.78 is 4.65. The van der Waals surface area contributed by atoms with E-state index in [1.807, 2.05) is 6.92 Å². The van der Waals surface area contributed by atoms with Gasteiger partial charge in [0.25, 0.3) is 0 Å². The second-order valence-electron chi connectivity index (χ2n) is 7.15. The Morgan fingerprint density at radius 2 is 1.65 bits per heavy atom. The Hall–Kier alpha value is -1.06. The van der Waals surface area contributed by atoms with Gasteiger partial charge in [0.1, 0.15) is 0 Å². The highest BCUT2D eigenvalue weighted by molar-refractivity contribution is 5.80. The lowest BCUT2D eigenvalue weighted by molar-refractivity contribution is -0.142. The molecule has 4 aliphatic rings. The minimum atomic E-state index is -0.261. The van der Waals surface area contributed by atoms with Crippen LogP contribution in [0.3, 0.4) is 0 Å². The van der Waals surface area contributed by atoms with Crippen molar-refractivity contribution < 1.29 is 14.3 Å². The van der Waals surface area contributed by atoms with Gasteiger partial charge in [0.15, 0.2) is 0 Å². The lowest BCUT2D eigenvalue weighted by Gasteiger charge is -2.53. The summed E-state index contributed by atoms with van der Waals surface area (Å²) in [5, 5.41) is 3.03. The van der Waals surface area contributed by atoms with Crippen molar-refractivity contribution in [3.05, 3.63) is 0 Å². The molecule has 4 aliphatic carbocycles. The Kier molecular flexibility index (Phi) is 3.74. The predicted molar refractivity (Wildman–Crippen MR) is 74.8 cm³/mol. The van der Waals surface area contributed by atoms with Crippen molar-refractivity contribution >= 4 is 11.9 Å². The van der Waals surface area contributed by atoms with Crippen molar-refractivity contribution in [2.24, 2.45) is 29.6 Å². The molecule has 1 amide bonds. The van der Waals surface area contributed by atoms with Gasteiger partial charge in [-0.15, -0.1) is 0 Å². The molecule has 0 aromatic carbocycles. The normalized spacial score (nSPS) is 39.4. The summed E-state index contributed by atoms with van der Waals surface area (Å²) in [5.41, 5.74) is 0. The molecule has 20 heavy (non-hydrogen) atoms. The number of hydrogen-bond donors (Lipinski definition) is 1. The number of methoxy groups -OCH3 is 1. The smallest absolute Gasteiger partial charge is 0.307 e. The average molecular weight is 279 g/mol. The standard InChI is InChI=1S/C16H25NO3/c1-9(3-14(18)20-2)17-16(19)15-12-5-10-4-11(7-12)8-13(15)6-10/h9-13,15H,3-8H2,1-2H3,(H,17,19). The molecule has 1 N–H and O–H groups in total. The summed E-state index contributed by atoms with van der Waals surface area (Å²) >= 11 is 0. The van der Waals surface area contributed by atoms with Crippen molar-refractivity contribution in [2.45, 2.75) is 51.5 Å². The first-order valence-corrected chi connectivity index (χ1v) is 7.94. The van der Waals surface area contributed by atoms with Gasteiger partial charge in [-0.1, -0.05) is 0 Å². The second kappa shape index (κ2) is 5.38. The molecule has 4 saturated carbocycles. The maximum atomic E-state index is 12.6. The number of carbonyl (C=O) groups is 2. The highest BCUT2D eigenvalue weighted by Crippen LogP contribution is 2.56. The number of carbonyl (C=O) groups excluding carboxylic acids is 2. The Balaban J connectivity index is 1.59. The van der Waals surface area contributed by atoms with E-state index in [0.29, 0.717) is 11.8 Å². The monoisotopic (exact) mass is 279 g/mol. The van der Waals surface area contributed by atoms with Crippen molar-refractivity contribution in [2.75, 3.05) is 7.11 Å². The predicted octanol–water partition coefficient (Wildman–Crippen LogP) is 2.13. The number of esters is 1. The molecule has 1 unspecified atom stereocenters. The zero-order valence-corrected chi connectivity index (χ0v) is 12.4. The van der Waals surface area contributed by atoms with Crippen molar-refractivity contribution in [1.82, 2.24) is 5.32 Å². The van der Waals surface area contributed by atoms with Crippen LogP contribution in [0.5, 0.6) is 0 Å². The topological polar surface area (TPSA) is 55.4 Å². The molecular formula is C16H25NO3. The van der Waals surface area contributed by atoms with E-state index in [4.69, 9.17) is 0 Å². The number of ether oxygens (including phenoxy) is 1. The van der Waals surface area contributed by atoms with Crippen LogP contribution in [0, 0.1) is 29.6 Å². The average Bonchev–Trinajstić information content (AvgIpc) is 2.36. The van der Waals surface area contributed by atoms with E-state index in [0.717, 1.165) is 11.8 Å². The van der Waals surface area contributed by atoms with Crippen LogP contribution in [0.15, 0.2) is 0 Å². The van der Waals surface area contributed by atoms with Gasteiger partial charge in [-0.3, -0.25) is 9.59 Å². The highest BCUT2D eigenvalue weighted by atomic mass is 16.5. The van der Waals surface area contributed by atoms with E-state index in [-0.39, 0.29) is 30.3 Å². The maximum absolute atomic E-state index is 12.6. The fraction of sp³-hybridized carbons (Fsp3) is 0.875. The molecule has 0 aliphatic heterocycles. The molecule has 4 nitrogen and oxygen atoms in total. The summed E-state index contributed by atoms with van der Waals surface area (Å²) in [4.78, 5) is 23.8. The van der Waals surface area contributed by atoms with Gasteiger partial charge in [-0.2, -0.15) is 0 Å². The van der Waals surface area contributed by atoms with E-state index in [9.17, 15) is 9.59 Å². The van der Waals surface area contributed by atoms with Gasteiger partial charge < -0.3 is 10.1 Å². The Labute approximate surface area is 120 Å². The van der Waals surface area contributed by atoms with Crippen LogP contribution < -0.4 is 5.32 Å². The van der Waals surface area contributed by atoms with Crippen molar-refractivity contribution in [3.63, 3.8) is 0 Å². The van der Waals surface area contributed by atoms with Crippen LogP contribution in [-0.4, -0.2) is 25.0 Å². The lowest BCUT2D eigenvalue weighted by atomic mass is 9.51. The van der Waals surface area contributed by atoms with Gasteiger partial charge in [0, 0.05) is 12.0 Å². The molecule has 4 rings (SSSR count). The number of amides is 1. The minimum absolute atomic E-state index is 0.132. The Morgan fingerprint density at radius 3 is 2.15 bits per heavy atom. The summed E-state index contributed by atoms with van der Waals surface area (Å²) in [7, 11) is 1.38. The molecule has 4 fully saturated rings. The summed E-state index contributed by atoms with van der Waals surface area (Å²) in [6.45, 7) is 1.88. The zero-order chi connectivity index (χ0) is 14.3. The van der Waals surface area contributed by atoms with E-state index in [1.165, 1.54) is 39.2 Å². The maximum Gasteiger partial charge on any atom is 0.307 e. The quantitative estimate of drug-likeness (QED) is 0.802. The molecule has 112 valence electrons. The number of hydrogen-bond acceptors (Lipinski definition) is 3. The molecule has 1 atom stereocenters. The van der Waals surface area contributed by atoms with Crippen LogP contribution in [0.1, 0.15) is 45.4 Å². The molecule has 0 aromatic rings. The zero-order valence-electron chi connectivity index (χ0n) is 12.4. The summed E-state index contributed by atoms with van der Waals surface area (Å²) in [5.74, 6) is 3.07. The van der Waals surface area contributed by atoms with Crippen molar-refractivity contribution in [1.29, 1.82) is 0 Å².